The molecule has 2 fully saturated rings. The van der Waals surface area contributed by atoms with E-state index >= 15 is 0 Å². The van der Waals surface area contributed by atoms with E-state index in [1.165, 1.54) is 0 Å². The zero-order valence-electron chi connectivity index (χ0n) is 12.7. The molecule has 0 bridgehead atoms. The first-order chi connectivity index (χ1) is 10.6. The number of morpholine rings is 1. The molecule has 1 aromatic carbocycles. The van der Waals surface area contributed by atoms with Crippen molar-refractivity contribution in [3.05, 3.63) is 29.8 Å². The molecule has 0 aromatic heterocycles. The minimum absolute atomic E-state index is 0.0294. The van der Waals surface area contributed by atoms with E-state index in [0.717, 1.165) is 24.3 Å². The summed E-state index contributed by atoms with van der Waals surface area (Å²) < 4.78 is 5.80. The molecule has 2 aliphatic rings. The van der Waals surface area contributed by atoms with Gasteiger partial charge in [0.25, 0.3) is 0 Å². The van der Waals surface area contributed by atoms with Crippen LogP contribution < -0.4 is 10.6 Å². The van der Waals surface area contributed by atoms with Gasteiger partial charge in [-0.25, -0.2) is 0 Å². The molecule has 0 aliphatic carbocycles. The first kappa shape index (κ1) is 15.0. The molecule has 2 atom stereocenters. The van der Waals surface area contributed by atoms with Crippen molar-refractivity contribution in [1.29, 1.82) is 0 Å². The lowest BCUT2D eigenvalue weighted by molar-refractivity contribution is -0.122. The van der Waals surface area contributed by atoms with Gasteiger partial charge in [0.15, 0.2) is 0 Å². The van der Waals surface area contributed by atoms with Gasteiger partial charge in [0.05, 0.1) is 12.7 Å². The van der Waals surface area contributed by atoms with Crippen LogP contribution in [0.4, 0.5) is 5.69 Å². The Morgan fingerprint density at radius 2 is 2.32 bits per heavy atom. The summed E-state index contributed by atoms with van der Waals surface area (Å²) in [6.07, 6.45) is 1.00. The highest BCUT2D eigenvalue weighted by atomic mass is 16.5. The Morgan fingerprint density at radius 3 is 3.05 bits per heavy atom. The molecule has 3 rings (SSSR count). The molecule has 2 amide bonds. The van der Waals surface area contributed by atoms with E-state index in [1.54, 1.807) is 0 Å². The highest BCUT2D eigenvalue weighted by Crippen LogP contribution is 2.24. The predicted molar refractivity (Wildman–Crippen MR) is 82.4 cm³/mol. The van der Waals surface area contributed by atoms with Gasteiger partial charge in [-0.15, -0.1) is 0 Å². The molecule has 2 unspecified atom stereocenters. The molecule has 1 aromatic rings. The molecule has 22 heavy (non-hydrogen) atoms. The van der Waals surface area contributed by atoms with E-state index in [4.69, 9.17) is 4.74 Å². The standard InChI is InChI=1S/C16H21N3O3/c1-19-7-8-22-14(10-19)11-3-2-4-12(9-11)17-16(21)13-5-6-15(20)18-13/h2-4,9,13-14H,5-8,10H2,1H3,(H,17,21)(H,18,20). The Bertz CT molecular complexity index is 576. The van der Waals surface area contributed by atoms with Crippen LogP contribution in [0.25, 0.3) is 0 Å². The average molecular weight is 303 g/mol. The van der Waals surface area contributed by atoms with E-state index in [9.17, 15) is 9.59 Å². The van der Waals surface area contributed by atoms with E-state index in [2.05, 4.69) is 22.6 Å². The number of hydrogen-bond donors (Lipinski definition) is 2. The van der Waals surface area contributed by atoms with Crippen molar-refractivity contribution >= 4 is 17.5 Å². The Kier molecular flexibility index (Phi) is 4.40. The van der Waals surface area contributed by atoms with Crippen LogP contribution in [0.5, 0.6) is 0 Å². The third-order valence-corrected chi connectivity index (χ3v) is 4.11. The van der Waals surface area contributed by atoms with Crippen LogP contribution in [0.2, 0.25) is 0 Å². The van der Waals surface area contributed by atoms with E-state index in [1.807, 2.05) is 24.3 Å². The number of anilines is 1. The number of nitrogens with one attached hydrogen (secondary N) is 2. The Morgan fingerprint density at radius 1 is 1.45 bits per heavy atom. The number of ether oxygens (including phenoxy) is 1. The summed E-state index contributed by atoms with van der Waals surface area (Å²) in [6.45, 7) is 2.50. The van der Waals surface area contributed by atoms with Crippen molar-refractivity contribution in [3.63, 3.8) is 0 Å². The normalized spacial score (nSPS) is 25.8. The zero-order chi connectivity index (χ0) is 15.5. The number of rotatable bonds is 3. The Hall–Kier alpha value is -1.92. The third-order valence-electron chi connectivity index (χ3n) is 4.11. The molecular formula is C16H21N3O3. The summed E-state index contributed by atoms with van der Waals surface area (Å²) in [6, 6.07) is 7.30. The van der Waals surface area contributed by atoms with Crippen molar-refractivity contribution in [2.24, 2.45) is 0 Å². The fraction of sp³-hybridized carbons (Fsp3) is 0.500. The molecule has 2 N–H and O–H groups in total. The lowest BCUT2D eigenvalue weighted by atomic mass is 10.1. The second-order valence-electron chi connectivity index (χ2n) is 5.90. The van der Waals surface area contributed by atoms with Gasteiger partial charge in [-0.2, -0.15) is 0 Å². The first-order valence-corrected chi connectivity index (χ1v) is 7.62. The van der Waals surface area contributed by atoms with Crippen LogP contribution in [0.1, 0.15) is 24.5 Å². The van der Waals surface area contributed by atoms with Gasteiger partial charge in [0, 0.05) is 25.2 Å². The number of benzene rings is 1. The fourth-order valence-corrected chi connectivity index (χ4v) is 2.84. The van der Waals surface area contributed by atoms with Crippen molar-refractivity contribution in [1.82, 2.24) is 10.2 Å². The average Bonchev–Trinajstić information content (AvgIpc) is 2.94. The van der Waals surface area contributed by atoms with Crippen molar-refractivity contribution < 1.29 is 14.3 Å². The van der Waals surface area contributed by atoms with Crippen LogP contribution in [0.15, 0.2) is 24.3 Å². The highest BCUT2D eigenvalue weighted by molar-refractivity contribution is 5.99. The van der Waals surface area contributed by atoms with Gasteiger partial charge in [-0.3, -0.25) is 9.59 Å². The van der Waals surface area contributed by atoms with Crippen LogP contribution in [-0.2, 0) is 14.3 Å². The topological polar surface area (TPSA) is 70.7 Å². The molecule has 0 saturated carbocycles. The summed E-state index contributed by atoms with van der Waals surface area (Å²) in [7, 11) is 2.07. The second-order valence-corrected chi connectivity index (χ2v) is 5.90. The number of nitrogens with zero attached hydrogens (tertiary/aromatic N) is 1. The maximum Gasteiger partial charge on any atom is 0.246 e. The molecule has 2 saturated heterocycles. The van der Waals surface area contributed by atoms with Gasteiger partial charge < -0.3 is 20.3 Å². The van der Waals surface area contributed by atoms with Crippen molar-refractivity contribution in [3.8, 4) is 0 Å². The summed E-state index contributed by atoms with van der Waals surface area (Å²) in [5.41, 5.74) is 1.79. The van der Waals surface area contributed by atoms with Crippen LogP contribution in [-0.4, -0.2) is 49.5 Å². The van der Waals surface area contributed by atoms with Gasteiger partial charge in [-0.1, -0.05) is 12.1 Å². The quantitative estimate of drug-likeness (QED) is 0.870. The number of amides is 2. The van der Waals surface area contributed by atoms with Gasteiger partial charge >= 0.3 is 0 Å². The monoisotopic (exact) mass is 303 g/mol. The minimum Gasteiger partial charge on any atom is -0.371 e. The van der Waals surface area contributed by atoms with Gasteiger partial charge in [0.1, 0.15) is 6.04 Å². The number of likely N-dealkylation sites (N-methyl/N-ethyl adjacent to an activating group) is 1. The lowest BCUT2D eigenvalue weighted by Crippen LogP contribution is -2.37. The molecule has 0 spiro atoms. The highest BCUT2D eigenvalue weighted by Gasteiger charge is 2.27. The Balaban J connectivity index is 1.66. The van der Waals surface area contributed by atoms with Crippen LogP contribution in [0.3, 0.4) is 0 Å². The van der Waals surface area contributed by atoms with E-state index in [0.29, 0.717) is 19.4 Å². The molecule has 2 heterocycles. The molecule has 6 heteroatoms. The molecular weight excluding hydrogens is 282 g/mol. The molecule has 2 aliphatic heterocycles. The fourth-order valence-electron chi connectivity index (χ4n) is 2.84. The first-order valence-electron chi connectivity index (χ1n) is 7.62. The minimum atomic E-state index is -0.423. The molecule has 0 radical (unpaired) electrons. The number of hydrogen-bond acceptors (Lipinski definition) is 4. The number of carbonyl (C=O) groups excluding carboxylic acids is 2. The third kappa shape index (κ3) is 3.45. The van der Waals surface area contributed by atoms with Gasteiger partial charge in [0.2, 0.25) is 11.8 Å². The largest absolute Gasteiger partial charge is 0.371 e. The molecule has 118 valence electrons. The summed E-state index contributed by atoms with van der Waals surface area (Å²) in [4.78, 5) is 25.6. The number of carbonyl (C=O) groups is 2. The maximum absolute atomic E-state index is 12.1. The van der Waals surface area contributed by atoms with Gasteiger partial charge in [-0.05, 0) is 31.2 Å². The van der Waals surface area contributed by atoms with Crippen LogP contribution in [0, 0.1) is 0 Å². The summed E-state index contributed by atoms with van der Waals surface area (Å²) in [5.74, 6) is -0.225. The molecule has 6 nitrogen and oxygen atoms in total. The van der Waals surface area contributed by atoms with E-state index < -0.39 is 6.04 Å². The zero-order valence-corrected chi connectivity index (χ0v) is 12.7. The summed E-state index contributed by atoms with van der Waals surface area (Å²) in [5, 5.41) is 5.55. The smallest absolute Gasteiger partial charge is 0.246 e. The predicted octanol–water partition coefficient (Wildman–Crippen LogP) is 0.907. The maximum atomic E-state index is 12.1. The lowest BCUT2D eigenvalue weighted by Gasteiger charge is -2.30. The van der Waals surface area contributed by atoms with Crippen molar-refractivity contribution in [2.45, 2.75) is 25.0 Å². The van der Waals surface area contributed by atoms with E-state index in [-0.39, 0.29) is 17.9 Å². The SMILES string of the molecule is CN1CCOC(c2cccc(NC(=O)C3CCC(=O)N3)c2)C1. The van der Waals surface area contributed by atoms with Crippen LogP contribution >= 0.6 is 0 Å². The Labute approximate surface area is 129 Å². The summed E-state index contributed by atoms with van der Waals surface area (Å²) >= 11 is 0. The van der Waals surface area contributed by atoms with Crippen molar-refractivity contribution in [2.75, 3.05) is 32.1 Å². The second kappa shape index (κ2) is 6.46.